The van der Waals surface area contributed by atoms with Crippen LogP contribution in [0.4, 0.5) is 0 Å². The number of rotatable bonds is 4. The minimum atomic E-state index is -0.318. The molecule has 6 nitrogen and oxygen atoms in total. The van der Waals surface area contributed by atoms with Crippen LogP contribution < -0.4 is 10.6 Å². The maximum atomic E-state index is 12.4. The summed E-state index contributed by atoms with van der Waals surface area (Å²) in [5.41, 5.74) is 0. The molecule has 0 radical (unpaired) electrons. The molecule has 2 heterocycles. The van der Waals surface area contributed by atoms with Crippen molar-refractivity contribution in [1.82, 2.24) is 15.5 Å². The van der Waals surface area contributed by atoms with E-state index in [1.54, 1.807) is 4.90 Å². The van der Waals surface area contributed by atoms with Crippen molar-refractivity contribution in [1.29, 1.82) is 5.26 Å². The topological polar surface area (TPSA) is 85.2 Å². The van der Waals surface area contributed by atoms with Crippen LogP contribution in [0.15, 0.2) is 0 Å². The van der Waals surface area contributed by atoms with Crippen molar-refractivity contribution in [2.24, 2.45) is 5.92 Å². The first-order valence-corrected chi connectivity index (χ1v) is 7.38. The van der Waals surface area contributed by atoms with Crippen molar-refractivity contribution < 1.29 is 9.59 Å². The van der Waals surface area contributed by atoms with E-state index in [1.807, 2.05) is 6.92 Å². The zero-order valence-electron chi connectivity index (χ0n) is 11.9. The third kappa shape index (κ3) is 3.10. The number of carbonyl (C=O) groups is 2. The van der Waals surface area contributed by atoms with Crippen LogP contribution in [-0.4, -0.2) is 48.4 Å². The fourth-order valence-corrected chi connectivity index (χ4v) is 2.88. The van der Waals surface area contributed by atoms with Crippen LogP contribution in [0.2, 0.25) is 0 Å². The summed E-state index contributed by atoms with van der Waals surface area (Å²) in [6.07, 6.45) is 3.08. The number of nitrogens with one attached hydrogen (secondary N) is 2. The fraction of sp³-hybridized carbons (Fsp3) is 0.786. The number of hydrogen-bond acceptors (Lipinski definition) is 4. The van der Waals surface area contributed by atoms with Crippen molar-refractivity contribution in [3.63, 3.8) is 0 Å². The second-order valence-corrected chi connectivity index (χ2v) is 5.50. The Kier molecular flexibility index (Phi) is 4.96. The summed E-state index contributed by atoms with van der Waals surface area (Å²) in [7, 11) is 0. The SMILES string of the molecule is CCCNC(=O)[C@@H]1CN[C@H](C(=O)N2CCC[C@H]2C#N)C1. The van der Waals surface area contributed by atoms with Gasteiger partial charge in [-0.3, -0.25) is 9.59 Å². The van der Waals surface area contributed by atoms with Crippen LogP contribution in [0.25, 0.3) is 0 Å². The van der Waals surface area contributed by atoms with Crippen molar-refractivity contribution in [2.75, 3.05) is 19.6 Å². The highest BCUT2D eigenvalue weighted by molar-refractivity contribution is 5.86. The number of nitrogens with zero attached hydrogens (tertiary/aromatic N) is 2. The molecule has 6 heteroatoms. The summed E-state index contributed by atoms with van der Waals surface area (Å²) in [4.78, 5) is 25.9. The Balaban J connectivity index is 1.87. The lowest BCUT2D eigenvalue weighted by Crippen LogP contribution is -2.45. The van der Waals surface area contributed by atoms with Gasteiger partial charge in [-0.25, -0.2) is 0 Å². The lowest BCUT2D eigenvalue weighted by Gasteiger charge is -2.23. The van der Waals surface area contributed by atoms with E-state index in [0.29, 0.717) is 26.1 Å². The van der Waals surface area contributed by atoms with Gasteiger partial charge in [0, 0.05) is 19.6 Å². The van der Waals surface area contributed by atoms with E-state index < -0.39 is 0 Å². The molecule has 0 unspecified atom stereocenters. The quantitative estimate of drug-likeness (QED) is 0.758. The van der Waals surface area contributed by atoms with Crippen molar-refractivity contribution in [3.05, 3.63) is 0 Å². The normalized spacial score (nSPS) is 29.2. The average Bonchev–Trinajstić information content (AvgIpc) is 3.12. The number of hydrogen-bond donors (Lipinski definition) is 2. The molecule has 2 N–H and O–H groups in total. The Bertz CT molecular complexity index is 418. The highest BCUT2D eigenvalue weighted by Gasteiger charge is 2.38. The maximum Gasteiger partial charge on any atom is 0.240 e. The smallest absolute Gasteiger partial charge is 0.240 e. The van der Waals surface area contributed by atoms with Gasteiger partial charge in [0.2, 0.25) is 11.8 Å². The molecule has 0 saturated carbocycles. The van der Waals surface area contributed by atoms with Crippen molar-refractivity contribution in [2.45, 2.75) is 44.7 Å². The molecule has 110 valence electrons. The molecule has 20 heavy (non-hydrogen) atoms. The Hall–Kier alpha value is -1.61. The molecule has 0 aromatic carbocycles. The average molecular weight is 278 g/mol. The van der Waals surface area contributed by atoms with Gasteiger partial charge < -0.3 is 15.5 Å². The standard InChI is InChI=1S/C14H22N4O2/c1-2-5-16-13(19)10-7-12(17-9-10)14(20)18-6-3-4-11(18)8-15/h10-12,17H,2-7,9H2,1H3,(H,16,19)/t10-,11-,12-/m0/s1. The van der Waals surface area contributed by atoms with E-state index in [4.69, 9.17) is 5.26 Å². The molecule has 0 bridgehead atoms. The van der Waals surface area contributed by atoms with Gasteiger partial charge in [0.05, 0.1) is 18.0 Å². The van der Waals surface area contributed by atoms with Crippen LogP contribution >= 0.6 is 0 Å². The van der Waals surface area contributed by atoms with Crippen LogP contribution in [0, 0.1) is 17.2 Å². The van der Waals surface area contributed by atoms with Crippen LogP contribution in [0.5, 0.6) is 0 Å². The summed E-state index contributed by atoms with van der Waals surface area (Å²) in [6, 6.07) is 1.57. The summed E-state index contributed by atoms with van der Waals surface area (Å²) in [5.74, 6) is -0.147. The summed E-state index contributed by atoms with van der Waals surface area (Å²) in [6.45, 7) is 3.88. The van der Waals surface area contributed by atoms with Gasteiger partial charge in [-0.1, -0.05) is 6.92 Å². The summed E-state index contributed by atoms with van der Waals surface area (Å²) in [5, 5.41) is 15.0. The minimum Gasteiger partial charge on any atom is -0.356 e. The minimum absolute atomic E-state index is 0.0212. The predicted octanol–water partition coefficient (Wildman–Crippen LogP) is 0.00528. The molecule has 2 saturated heterocycles. The number of nitriles is 1. The Morgan fingerprint density at radius 2 is 2.30 bits per heavy atom. The van der Waals surface area contributed by atoms with Crippen LogP contribution in [-0.2, 0) is 9.59 Å². The Morgan fingerprint density at radius 1 is 1.50 bits per heavy atom. The van der Waals surface area contributed by atoms with E-state index in [1.165, 1.54) is 0 Å². The van der Waals surface area contributed by atoms with E-state index in [-0.39, 0.29) is 29.8 Å². The highest BCUT2D eigenvalue weighted by Crippen LogP contribution is 2.22. The zero-order valence-corrected chi connectivity index (χ0v) is 11.9. The van der Waals surface area contributed by atoms with E-state index >= 15 is 0 Å². The first-order valence-electron chi connectivity index (χ1n) is 7.38. The molecule has 0 aromatic rings. The molecule has 2 amide bonds. The lowest BCUT2D eigenvalue weighted by molar-refractivity contribution is -0.133. The first-order chi connectivity index (χ1) is 9.67. The van der Waals surface area contributed by atoms with Gasteiger partial charge in [-0.2, -0.15) is 5.26 Å². The van der Waals surface area contributed by atoms with Crippen LogP contribution in [0.3, 0.4) is 0 Å². The predicted molar refractivity (Wildman–Crippen MR) is 73.5 cm³/mol. The van der Waals surface area contributed by atoms with E-state index in [9.17, 15) is 9.59 Å². The van der Waals surface area contributed by atoms with Gasteiger partial charge in [0.1, 0.15) is 6.04 Å². The van der Waals surface area contributed by atoms with Crippen molar-refractivity contribution in [3.8, 4) is 6.07 Å². The second kappa shape index (κ2) is 6.71. The molecule has 0 aromatic heterocycles. The highest BCUT2D eigenvalue weighted by atomic mass is 16.2. The Morgan fingerprint density at radius 3 is 3.00 bits per heavy atom. The molecular weight excluding hydrogens is 256 g/mol. The van der Waals surface area contributed by atoms with Gasteiger partial charge in [-0.05, 0) is 25.7 Å². The molecular formula is C14H22N4O2. The number of likely N-dealkylation sites (tertiary alicyclic amines) is 1. The molecule has 2 rings (SSSR count). The van der Waals surface area contributed by atoms with E-state index in [0.717, 1.165) is 19.3 Å². The molecule has 0 spiro atoms. The van der Waals surface area contributed by atoms with Crippen molar-refractivity contribution >= 4 is 11.8 Å². The molecule has 0 aliphatic carbocycles. The third-order valence-corrected chi connectivity index (χ3v) is 4.03. The van der Waals surface area contributed by atoms with Gasteiger partial charge in [-0.15, -0.1) is 0 Å². The molecule has 2 aliphatic rings. The number of amides is 2. The summed E-state index contributed by atoms with van der Waals surface area (Å²) < 4.78 is 0. The van der Waals surface area contributed by atoms with Crippen LogP contribution in [0.1, 0.15) is 32.6 Å². The molecule has 2 fully saturated rings. The Labute approximate surface area is 119 Å². The van der Waals surface area contributed by atoms with Gasteiger partial charge in [0.25, 0.3) is 0 Å². The molecule has 2 aliphatic heterocycles. The second-order valence-electron chi connectivity index (χ2n) is 5.50. The fourth-order valence-electron chi connectivity index (χ4n) is 2.88. The third-order valence-electron chi connectivity index (χ3n) is 4.03. The van der Waals surface area contributed by atoms with Gasteiger partial charge >= 0.3 is 0 Å². The first kappa shape index (κ1) is 14.8. The number of carbonyl (C=O) groups excluding carboxylic acids is 2. The van der Waals surface area contributed by atoms with E-state index in [2.05, 4.69) is 16.7 Å². The summed E-state index contributed by atoms with van der Waals surface area (Å²) >= 11 is 0. The lowest BCUT2D eigenvalue weighted by atomic mass is 10.0. The maximum absolute atomic E-state index is 12.4. The molecule has 3 atom stereocenters. The largest absolute Gasteiger partial charge is 0.356 e. The zero-order chi connectivity index (χ0) is 14.5. The monoisotopic (exact) mass is 278 g/mol. The van der Waals surface area contributed by atoms with Gasteiger partial charge in [0.15, 0.2) is 0 Å².